The van der Waals surface area contributed by atoms with E-state index in [-0.39, 0.29) is 0 Å². The largest absolute Gasteiger partial charge is 0.388 e. The summed E-state index contributed by atoms with van der Waals surface area (Å²) >= 11 is 6.02. The topological polar surface area (TPSA) is 70.1 Å². The molecular formula is C12H19ClN4O. The summed E-state index contributed by atoms with van der Waals surface area (Å²) in [7, 11) is 1.75. The van der Waals surface area contributed by atoms with Gasteiger partial charge in [-0.05, 0) is 12.8 Å². The number of halogens is 1. The van der Waals surface area contributed by atoms with Gasteiger partial charge in [0.25, 0.3) is 0 Å². The average molecular weight is 271 g/mol. The molecule has 0 amide bonds. The average Bonchev–Trinajstić information content (AvgIpc) is 2.39. The molecule has 0 spiro atoms. The van der Waals surface area contributed by atoms with Crippen molar-refractivity contribution < 1.29 is 5.11 Å². The molecule has 6 heteroatoms. The SMILES string of the molecule is CNc1ncc(Cl)c(NCC2(O)CCCCC2)n1. The van der Waals surface area contributed by atoms with Crippen LogP contribution >= 0.6 is 11.6 Å². The maximum atomic E-state index is 10.4. The van der Waals surface area contributed by atoms with Gasteiger partial charge in [-0.15, -0.1) is 0 Å². The normalized spacial score (nSPS) is 18.4. The summed E-state index contributed by atoms with van der Waals surface area (Å²) in [5.41, 5.74) is -0.633. The number of rotatable bonds is 4. The molecule has 2 rings (SSSR count). The van der Waals surface area contributed by atoms with Gasteiger partial charge >= 0.3 is 0 Å². The second-order valence-electron chi connectivity index (χ2n) is 4.78. The fourth-order valence-electron chi connectivity index (χ4n) is 2.25. The number of aliphatic hydroxyl groups is 1. The van der Waals surface area contributed by atoms with E-state index in [1.807, 2.05) is 0 Å². The third-order valence-corrected chi connectivity index (χ3v) is 3.61. The molecule has 5 nitrogen and oxygen atoms in total. The summed E-state index contributed by atoms with van der Waals surface area (Å²) in [6, 6.07) is 0. The number of anilines is 2. The lowest BCUT2D eigenvalue weighted by Crippen LogP contribution is -2.39. The first-order chi connectivity index (χ1) is 8.63. The summed E-state index contributed by atoms with van der Waals surface area (Å²) in [4.78, 5) is 8.24. The first kappa shape index (κ1) is 13.4. The summed E-state index contributed by atoms with van der Waals surface area (Å²) in [6.07, 6.45) is 6.59. The van der Waals surface area contributed by atoms with Gasteiger partial charge in [-0.25, -0.2) is 4.98 Å². The van der Waals surface area contributed by atoms with E-state index in [1.54, 1.807) is 13.2 Å². The van der Waals surface area contributed by atoms with Crippen molar-refractivity contribution in [3.63, 3.8) is 0 Å². The van der Waals surface area contributed by atoms with Crippen LogP contribution in [0.5, 0.6) is 0 Å². The smallest absolute Gasteiger partial charge is 0.224 e. The highest BCUT2D eigenvalue weighted by Gasteiger charge is 2.29. The van der Waals surface area contributed by atoms with Crippen LogP contribution < -0.4 is 10.6 Å². The van der Waals surface area contributed by atoms with Gasteiger partial charge in [0.2, 0.25) is 5.95 Å². The predicted molar refractivity (Wildman–Crippen MR) is 73.1 cm³/mol. The number of hydrogen-bond donors (Lipinski definition) is 3. The van der Waals surface area contributed by atoms with Crippen LogP contribution in [0.2, 0.25) is 5.02 Å². The highest BCUT2D eigenvalue weighted by atomic mass is 35.5. The van der Waals surface area contributed by atoms with Crippen molar-refractivity contribution in [2.45, 2.75) is 37.7 Å². The first-order valence-corrected chi connectivity index (χ1v) is 6.67. The second-order valence-corrected chi connectivity index (χ2v) is 5.19. The molecule has 0 aromatic carbocycles. The lowest BCUT2D eigenvalue weighted by atomic mass is 9.85. The standard InChI is InChI=1S/C12H19ClN4O/c1-14-11-15-7-9(13)10(17-11)16-8-12(18)5-3-2-4-6-12/h7,18H,2-6,8H2,1H3,(H2,14,15,16,17). The van der Waals surface area contributed by atoms with Crippen LogP contribution in [0.4, 0.5) is 11.8 Å². The van der Waals surface area contributed by atoms with E-state index in [2.05, 4.69) is 20.6 Å². The Bertz CT molecular complexity index is 407. The Hall–Kier alpha value is -1.07. The minimum Gasteiger partial charge on any atom is -0.388 e. The van der Waals surface area contributed by atoms with Gasteiger partial charge in [0.1, 0.15) is 5.02 Å². The molecule has 1 aromatic rings. The molecule has 18 heavy (non-hydrogen) atoms. The van der Waals surface area contributed by atoms with Gasteiger partial charge in [0.15, 0.2) is 5.82 Å². The Balaban J connectivity index is 2.00. The quantitative estimate of drug-likeness (QED) is 0.783. The minimum absolute atomic E-state index is 0.466. The van der Waals surface area contributed by atoms with Crippen molar-refractivity contribution in [2.75, 3.05) is 24.2 Å². The molecule has 1 aliphatic rings. The molecule has 0 saturated heterocycles. The highest BCUT2D eigenvalue weighted by Crippen LogP contribution is 2.29. The van der Waals surface area contributed by atoms with E-state index in [9.17, 15) is 5.11 Å². The maximum absolute atomic E-state index is 10.4. The molecule has 1 saturated carbocycles. The summed E-state index contributed by atoms with van der Waals surface area (Å²) in [6.45, 7) is 0.479. The van der Waals surface area contributed by atoms with Gasteiger partial charge in [-0.3, -0.25) is 0 Å². The number of nitrogens with zero attached hydrogens (tertiary/aromatic N) is 2. The molecule has 0 radical (unpaired) electrons. The van der Waals surface area contributed by atoms with Crippen molar-refractivity contribution in [3.05, 3.63) is 11.2 Å². The minimum atomic E-state index is -0.633. The van der Waals surface area contributed by atoms with Gasteiger partial charge in [-0.2, -0.15) is 4.98 Å². The fourth-order valence-corrected chi connectivity index (χ4v) is 2.40. The summed E-state index contributed by atoms with van der Waals surface area (Å²) in [5.74, 6) is 1.08. The molecule has 0 unspecified atom stereocenters. The van der Waals surface area contributed by atoms with Crippen LogP contribution in [-0.2, 0) is 0 Å². The predicted octanol–water partition coefficient (Wildman–Crippen LogP) is 2.28. The number of aromatic nitrogens is 2. The molecule has 0 atom stereocenters. The van der Waals surface area contributed by atoms with Crippen molar-refractivity contribution in [1.82, 2.24) is 9.97 Å². The number of hydrogen-bond acceptors (Lipinski definition) is 5. The van der Waals surface area contributed by atoms with Gasteiger partial charge in [-0.1, -0.05) is 30.9 Å². The van der Waals surface area contributed by atoms with E-state index in [4.69, 9.17) is 11.6 Å². The van der Waals surface area contributed by atoms with Crippen LogP contribution in [0, 0.1) is 0 Å². The van der Waals surface area contributed by atoms with E-state index in [0.717, 1.165) is 25.7 Å². The lowest BCUT2D eigenvalue weighted by molar-refractivity contribution is 0.0166. The van der Waals surface area contributed by atoms with Crippen molar-refractivity contribution >= 4 is 23.4 Å². The molecule has 1 fully saturated rings. The molecule has 100 valence electrons. The third kappa shape index (κ3) is 3.23. The molecule has 1 aliphatic carbocycles. The summed E-state index contributed by atoms with van der Waals surface area (Å²) in [5, 5.41) is 16.8. The molecular weight excluding hydrogens is 252 g/mol. The molecule has 1 heterocycles. The van der Waals surface area contributed by atoms with Crippen molar-refractivity contribution in [2.24, 2.45) is 0 Å². The van der Waals surface area contributed by atoms with Crippen molar-refractivity contribution in [3.8, 4) is 0 Å². The van der Waals surface area contributed by atoms with Gasteiger partial charge < -0.3 is 15.7 Å². The Kier molecular flexibility index (Phi) is 4.24. The summed E-state index contributed by atoms with van der Waals surface area (Å²) < 4.78 is 0. The van der Waals surface area contributed by atoms with Gasteiger partial charge in [0, 0.05) is 13.6 Å². The van der Waals surface area contributed by atoms with E-state index in [1.165, 1.54) is 6.42 Å². The van der Waals surface area contributed by atoms with Crippen LogP contribution in [0.1, 0.15) is 32.1 Å². The first-order valence-electron chi connectivity index (χ1n) is 6.29. The fraction of sp³-hybridized carbons (Fsp3) is 0.667. The lowest BCUT2D eigenvalue weighted by Gasteiger charge is -2.32. The maximum Gasteiger partial charge on any atom is 0.224 e. The van der Waals surface area contributed by atoms with Crippen LogP contribution in [0.25, 0.3) is 0 Å². The Labute approximate surface area is 112 Å². The van der Waals surface area contributed by atoms with E-state index < -0.39 is 5.60 Å². The zero-order valence-corrected chi connectivity index (χ0v) is 11.3. The van der Waals surface area contributed by atoms with Crippen molar-refractivity contribution in [1.29, 1.82) is 0 Å². The third-order valence-electron chi connectivity index (χ3n) is 3.34. The Morgan fingerprint density at radius 1 is 1.39 bits per heavy atom. The van der Waals surface area contributed by atoms with E-state index >= 15 is 0 Å². The zero-order valence-electron chi connectivity index (χ0n) is 10.5. The number of nitrogens with one attached hydrogen (secondary N) is 2. The van der Waals surface area contributed by atoms with E-state index in [0.29, 0.717) is 23.3 Å². The zero-order chi connectivity index (χ0) is 13.0. The van der Waals surface area contributed by atoms with Gasteiger partial charge in [0.05, 0.1) is 11.8 Å². The molecule has 0 bridgehead atoms. The van der Waals surface area contributed by atoms with Crippen LogP contribution in [0.15, 0.2) is 6.20 Å². The second kappa shape index (κ2) is 5.71. The van der Waals surface area contributed by atoms with Crippen LogP contribution in [-0.4, -0.2) is 34.3 Å². The highest BCUT2D eigenvalue weighted by molar-refractivity contribution is 6.32. The Morgan fingerprint density at radius 2 is 2.11 bits per heavy atom. The molecule has 3 N–H and O–H groups in total. The molecule has 1 aromatic heterocycles. The Morgan fingerprint density at radius 3 is 2.78 bits per heavy atom. The van der Waals surface area contributed by atoms with Crippen LogP contribution in [0.3, 0.4) is 0 Å². The molecule has 0 aliphatic heterocycles. The monoisotopic (exact) mass is 270 g/mol.